The Morgan fingerprint density at radius 1 is 1.07 bits per heavy atom. The quantitative estimate of drug-likeness (QED) is 0.508. The number of methoxy groups -OCH3 is 1. The van der Waals surface area contributed by atoms with E-state index in [1.165, 1.54) is 4.90 Å². The van der Waals surface area contributed by atoms with Gasteiger partial charge in [0.25, 0.3) is 11.8 Å². The van der Waals surface area contributed by atoms with Gasteiger partial charge in [0.1, 0.15) is 11.4 Å². The standard InChI is InChI=1S/C20H26N2O5/c1-3-26-12-4-9-22-19(23)17(15-5-7-16(25-2)8-6-15)18(20(22)24)21-10-13-27-14-11-21/h5-8H,3-4,9-14H2,1-2H3. The molecule has 3 rings (SSSR count). The Bertz CT molecular complexity index is 708. The van der Waals surface area contributed by atoms with Gasteiger partial charge >= 0.3 is 0 Å². The Hall–Kier alpha value is -2.38. The van der Waals surface area contributed by atoms with Crippen LogP contribution in [0.3, 0.4) is 0 Å². The van der Waals surface area contributed by atoms with Crippen molar-refractivity contribution >= 4 is 17.4 Å². The van der Waals surface area contributed by atoms with Crippen molar-refractivity contribution in [3.05, 3.63) is 35.5 Å². The molecule has 2 heterocycles. The van der Waals surface area contributed by atoms with Crippen LogP contribution in [0, 0.1) is 0 Å². The molecule has 0 bridgehead atoms. The van der Waals surface area contributed by atoms with Gasteiger partial charge in [0, 0.05) is 32.8 Å². The van der Waals surface area contributed by atoms with E-state index in [4.69, 9.17) is 14.2 Å². The number of ether oxygens (including phenoxy) is 3. The highest BCUT2D eigenvalue weighted by atomic mass is 16.5. The molecule has 0 saturated carbocycles. The molecule has 7 nitrogen and oxygen atoms in total. The summed E-state index contributed by atoms with van der Waals surface area (Å²) in [6.07, 6.45) is 0.623. The van der Waals surface area contributed by atoms with Gasteiger partial charge in [-0.05, 0) is 31.0 Å². The maximum Gasteiger partial charge on any atom is 0.277 e. The predicted molar refractivity (Wildman–Crippen MR) is 100 cm³/mol. The summed E-state index contributed by atoms with van der Waals surface area (Å²) in [6.45, 7) is 5.71. The Morgan fingerprint density at radius 3 is 2.41 bits per heavy atom. The number of amides is 2. The number of carbonyl (C=O) groups is 2. The smallest absolute Gasteiger partial charge is 0.277 e. The van der Waals surface area contributed by atoms with Crippen LogP contribution in [0.15, 0.2) is 30.0 Å². The number of morpholine rings is 1. The van der Waals surface area contributed by atoms with Crippen LogP contribution in [-0.2, 0) is 19.1 Å². The summed E-state index contributed by atoms with van der Waals surface area (Å²) < 4.78 is 15.9. The summed E-state index contributed by atoms with van der Waals surface area (Å²) in [6, 6.07) is 7.25. The number of hydrogen-bond acceptors (Lipinski definition) is 6. The summed E-state index contributed by atoms with van der Waals surface area (Å²) in [5.74, 6) is 0.227. The van der Waals surface area contributed by atoms with E-state index in [0.717, 1.165) is 5.56 Å². The van der Waals surface area contributed by atoms with Crippen molar-refractivity contribution in [2.24, 2.45) is 0 Å². The second-order valence-corrected chi connectivity index (χ2v) is 6.36. The molecule has 1 aromatic carbocycles. The van der Waals surface area contributed by atoms with Crippen LogP contribution in [0.4, 0.5) is 0 Å². The van der Waals surface area contributed by atoms with E-state index in [-0.39, 0.29) is 11.8 Å². The Labute approximate surface area is 159 Å². The number of benzene rings is 1. The lowest BCUT2D eigenvalue weighted by atomic mass is 10.0. The zero-order valence-electron chi connectivity index (χ0n) is 15.9. The summed E-state index contributed by atoms with van der Waals surface area (Å²) in [5, 5.41) is 0. The molecule has 146 valence electrons. The second-order valence-electron chi connectivity index (χ2n) is 6.36. The fourth-order valence-electron chi connectivity index (χ4n) is 3.33. The Kier molecular flexibility index (Phi) is 6.47. The van der Waals surface area contributed by atoms with Gasteiger partial charge in [-0.25, -0.2) is 0 Å². The fourth-order valence-corrected chi connectivity index (χ4v) is 3.33. The molecule has 7 heteroatoms. The van der Waals surface area contributed by atoms with E-state index in [9.17, 15) is 9.59 Å². The van der Waals surface area contributed by atoms with Crippen molar-refractivity contribution in [2.75, 3.05) is 53.2 Å². The van der Waals surface area contributed by atoms with E-state index in [0.29, 0.717) is 69.5 Å². The van der Waals surface area contributed by atoms with Gasteiger partial charge in [0.05, 0.1) is 25.9 Å². The summed E-state index contributed by atoms with van der Waals surface area (Å²) in [7, 11) is 1.60. The van der Waals surface area contributed by atoms with Crippen LogP contribution in [0.2, 0.25) is 0 Å². The van der Waals surface area contributed by atoms with Gasteiger partial charge in [-0.2, -0.15) is 0 Å². The van der Waals surface area contributed by atoms with E-state index in [1.54, 1.807) is 19.2 Å². The molecule has 1 fully saturated rings. The third-order valence-electron chi connectivity index (χ3n) is 4.72. The second kappa shape index (κ2) is 9.01. The number of nitrogens with zero attached hydrogens (tertiary/aromatic N) is 2. The highest BCUT2D eigenvalue weighted by molar-refractivity contribution is 6.35. The SMILES string of the molecule is CCOCCCN1C(=O)C(c2ccc(OC)cc2)=C(N2CCOCC2)C1=O. The minimum absolute atomic E-state index is 0.232. The molecule has 0 aliphatic carbocycles. The zero-order chi connectivity index (χ0) is 19.2. The van der Waals surface area contributed by atoms with E-state index < -0.39 is 0 Å². The van der Waals surface area contributed by atoms with Crippen molar-refractivity contribution in [1.29, 1.82) is 0 Å². The van der Waals surface area contributed by atoms with Crippen LogP contribution < -0.4 is 4.74 Å². The number of imide groups is 1. The minimum atomic E-state index is -0.247. The summed E-state index contributed by atoms with van der Waals surface area (Å²) in [5.41, 5.74) is 1.66. The highest BCUT2D eigenvalue weighted by Crippen LogP contribution is 2.32. The van der Waals surface area contributed by atoms with E-state index in [2.05, 4.69) is 0 Å². The monoisotopic (exact) mass is 374 g/mol. The molecule has 0 N–H and O–H groups in total. The molecule has 0 unspecified atom stereocenters. The van der Waals surface area contributed by atoms with Gasteiger partial charge in [0.15, 0.2) is 0 Å². The van der Waals surface area contributed by atoms with Gasteiger partial charge in [-0.15, -0.1) is 0 Å². The molecule has 0 radical (unpaired) electrons. The molecule has 0 aromatic heterocycles. The third-order valence-corrected chi connectivity index (χ3v) is 4.72. The lowest BCUT2D eigenvalue weighted by molar-refractivity contribution is -0.138. The molecule has 1 saturated heterocycles. The van der Waals surface area contributed by atoms with Gasteiger partial charge < -0.3 is 19.1 Å². The zero-order valence-corrected chi connectivity index (χ0v) is 15.9. The first kappa shape index (κ1) is 19.4. The first-order valence-electron chi connectivity index (χ1n) is 9.32. The number of carbonyl (C=O) groups excluding carboxylic acids is 2. The molecule has 0 spiro atoms. The van der Waals surface area contributed by atoms with Crippen LogP contribution in [-0.4, -0.2) is 74.8 Å². The normalized spacial score (nSPS) is 17.9. The van der Waals surface area contributed by atoms with Gasteiger partial charge in [-0.1, -0.05) is 12.1 Å². The molecule has 2 aliphatic heterocycles. The minimum Gasteiger partial charge on any atom is -0.497 e. The molecule has 2 aliphatic rings. The molecule has 0 atom stereocenters. The Morgan fingerprint density at radius 2 is 1.78 bits per heavy atom. The van der Waals surface area contributed by atoms with Crippen LogP contribution >= 0.6 is 0 Å². The van der Waals surface area contributed by atoms with E-state index in [1.807, 2.05) is 24.0 Å². The van der Waals surface area contributed by atoms with Gasteiger partial charge in [0.2, 0.25) is 0 Å². The fraction of sp³-hybridized carbons (Fsp3) is 0.500. The molecular weight excluding hydrogens is 348 g/mol. The Balaban J connectivity index is 1.90. The molecular formula is C20H26N2O5. The third kappa shape index (κ3) is 4.14. The average Bonchev–Trinajstić information content (AvgIpc) is 2.96. The summed E-state index contributed by atoms with van der Waals surface area (Å²) >= 11 is 0. The lowest BCUT2D eigenvalue weighted by Gasteiger charge is -2.29. The highest BCUT2D eigenvalue weighted by Gasteiger charge is 2.41. The van der Waals surface area contributed by atoms with Gasteiger partial charge in [-0.3, -0.25) is 14.5 Å². The van der Waals surface area contributed by atoms with Crippen LogP contribution in [0.1, 0.15) is 18.9 Å². The first-order valence-corrected chi connectivity index (χ1v) is 9.32. The van der Waals surface area contributed by atoms with Crippen molar-refractivity contribution < 1.29 is 23.8 Å². The number of rotatable bonds is 8. The maximum atomic E-state index is 13.1. The van der Waals surface area contributed by atoms with Crippen molar-refractivity contribution in [3.63, 3.8) is 0 Å². The summed E-state index contributed by atoms with van der Waals surface area (Å²) in [4.78, 5) is 29.5. The van der Waals surface area contributed by atoms with Crippen molar-refractivity contribution in [3.8, 4) is 5.75 Å². The lowest BCUT2D eigenvalue weighted by Crippen LogP contribution is -2.40. The predicted octanol–water partition coefficient (Wildman–Crippen LogP) is 1.53. The van der Waals surface area contributed by atoms with Crippen molar-refractivity contribution in [1.82, 2.24) is 9.80 Å². The van der Waals surface area contributed by atoms with Crippen molar-refractivity contribution in [2.45, 2.75) is 13.3 Å². The van der Waals surface area contributed by atoms with E-state index >= 15 is 0 Å². The number of hydrogen-bond donors (Lipinski definition) is 0. The topological polar surface area (TPSA) is 68.3 Å². The maximum absolute atomic E-state index is 13.1. The molecule has 27 heavy (non-hydrogen) atoms. The van der Waals surface area contributed by atoms with Crippen LogP contribution in [0.5, 0.6) is 5.75 Å². The average molecular weight is 374 g/mol. The first-order chi connectivity index (χ1) is 13.2. The molecule has 1 aromatic rings. The molecule has 2 amide bonds. The largest absolute Gasteiger partial charge is 0.497 e. The van der Waals surface area contributed by atoms with Crippen LogP contribution in [0.25, 0.3) is 5.57 Å².